The van der Waals surface area contributed by atoms with Gasteiger partial charge in [-0.2, -0.15) is 18.2 Å². The summed E-state index contributed by atoms with van der Waals surface area (Å²) < 4.78 is 40.2. The van der Waals surface area contributed by atoms with Gasteiger partial charge in [0, 0.05) is 30.6 Å². The van der Waals surface area contributed by atoms with Crippen molar-refractivity contribution < 1.29 is 22.9 Å². The molecule has 31 heavy (non-hydrogen) atoms. The first-order valence-electron chi connectivity index (χ1n) is 8.73. The molecule has 0 fully saturated rings. The molecule has 9 nitrogen and oxygen atoms in total. The first kappa shape index (κ1) is 21.5. The van der Waals surface area contributed by atoms with Crippen LogP contribution in [0.15, 0.2) is 54.7 Å². The molecule has 1 aromatic heterocycles. The number of halogens is 3. The first-order chi connectivity index (χ1) is 14.7. The van der Waals surface area contributed by atoms with E-state index in [0.29, 0.717) is 17.4 Å². The Morgan fingerprint density at radius 3 is 2.35 bits per heavy atom. The largest absolute Gasteiger partial charge is 0.421 e. The second-order valence-corrected chi connectivity index (χ2v) is 6.13. The Labute approximate surface area is 173 Å². The third-order valence-electron chi connectivity index (χ3n) is 4.08. The van der Waals surface area contributed by atoms with Crippen LogP contribution in [0.4, 0.5) is 42.0 Å². The molecule has 0 radical (unpaired) electrons. The molecule has 0 aliphatic rings. The third kappa shape index (κ3) is 5.04. The minimum absolute atomic E-state index is 0.155. The number of nitro benzene ring substituents is 1. The first-order valence-corrected chi connectivity index (χ1v) is 8.73. The number of amides is 1. The van der Waals surface area contributed by atoms with Gasteiger partial charge in [-0.15, -0.1) is 0 Å². The highest BCUT2D eigenvalue weighted by Gasteiger charge is 2.36. The SMILES string of the molecule is CNC(=O)c1ccc(Nc2ncc(C(F)(F)F)c(Nc3ccccc3[N+](=O)[O-])n2)cc1. The third-order valence-corrected chi connectivity index (χ3v) is 4.08. The number of rotatable bonds is 6. The lowest BCUT2D eigenvalue weighted by molar-refractivity contribution is -0.383. The van der Waals surface area contributed by atoms with E-state index in [9.17, 15) is 28.1 Å². The number of anilines is 4. The van der Waals surface area contributed by atoms with E-state index in [1.807, 2.05) is 0 Å². The van der Waals surface area contributed by atoms with Crippen LogP contribution in [-0.2, 0) is 6.18 Å². The van der Waals surface area contributed by atoms with Crippen molar-refractivity contribution in [2.24, 2.45) is 0 Å². The van der Waals surface area contributed by atoms with Crippen molar-refractivity contribution >= 4 is 34.7 Å². The van der Waals surface area contributed by atoms with E-state index in [0.717, 1.165) is 6.07 Å². The molecular formula is C19H15F3N6O3. The fraction of sp³-hybridized carbons (Fsp3) is 0.105. The summed E-state index contributed by atoms with van der Waals surface area (Å²) in [5.41, 5.74) is -0.943. The molecule has 0 spiro atoms. The Kier molecular flexibility index (Phi) is 6.00. The van der Waals surface area contributed by atoms with Gasteiger partial charge in [0.2, 0.25) is 5.95 Å². The van der Waals surface area contributed by atoms with Crippen LogP contribution in [0.25, 0.3) is 0 Å². The Morgan fingerprint density at radius 2 is 1.74 bits per heavy atom. The Bertz CT molecular complexity index is 1120. The Balaban J connectivity index is 1.94. The zero-order valence-corrected chi connectivity index (χ0v) is 15.9. The highest BCUT2D eigenvalue weighted by Crippen LogP contribution is 2.36. The Hall–Kier alpha value is -4.22. The molecule has 160 valence electrons. The van der Waals surface area contributed by atoms with Crippen molar-refractivity contribution in [2.45, 2.75) is 6.18 Å². The molecular weight excluding hydrogens is 417 g/mol. The number of hydrogen-bond acceptors (Lipinski definition) is 7. The van der Waals surface area contributed by atoms with Crippen LogP contribution in [-0.4, -0.2) is 27.8 Å². The molecule has 0 bridgehead atoms. The number of nitrogens with one attached hydrogen (secondary N) is 3. The van der Waals surface area contributed by atoms with Gasteiger partial charge in [0.05, 0.1) is 4.92 Å². The van der Waals surface area contributed by atoms with Crippen LogP contribution in [0.1, 0.15) is 15.9 Å². The molecule has 2 aromatic carbocycles. The van der Waals surface area contributed by atoms with E-state index in [-0.39, 0.29) is 17.5 Å². The zero-order chi connectivity index (χ0) is 22.6. The second-order valence-electron chi connectivity index (χ2n) is 6.13. The topological polar surface area (TPSA) is 122 Å². The number of hydrogen-bond donors (Lipinski definition) is 3. The molecule has 3 rings (SSSR count). The summed E-state index contributed by atoms with van der Waals surface area (Å²) >= 11 is 0. The van der Waals surface area contributed by atoms with E-state index >= 15 is 0 Å². The molecule has 3 aromatic rings. The highest BCUT2D eigenvalue weighted by molar-refractivity contribution is 5.94. The van der Waals surface area contributed by atoms with Crippen LogP contribution in [0, 0.1) is 10.1 Å². The molecule has 0 saturated heterocycles. The van der Waals surface area contributed by atoms with E-state index in [2.05, 4.69) is 25.9 Å². The van der Waals surface area contributed by atoms with Gasteiger partial charge in [-0.1, -0.05) is 12.1 Å². The van der Waals surface area contributed by atoms with Crippen molar-refractivity contribution in [3.05, 3.63) is 76.0 Å². The summed E-state index contributed by atoms with van der Waals surface area (Å²) in [4.78, 5) is 29.6. The normalized spacial score (nSPS) is 11.0. The monoisotopic (exact) mass is 432 g/mol. The van der Waals surface area contributed by atoms with Gasteiger partial charge in [-0.3, -0.25) is 14.9 Å². The van der Waals surface area contributed by atoms with Crippen LogP contribution in [0.5, 0.6) is 0 Å². The molecule has 0 aliphatic heterocycles. The summed E-state index contributed by atoms with van der Waals surface area (Å²) in [6, 6.07) is 11.3. The summed E-state index contributed by atoms with van der Waals surface area (Å²) in [5, 5.41) is 18.8. The summed E-state index contributed by atoms with van der Waals surface area (Å²) in [7, 11) is 1.48. The predicted octanol–water partition coefficient (Wildman–Crippen LogP) is 4.25. The molecule has 0 saturated carbocycles. The molecule has 12 heteroatoms. The zero-order valence-electron chi connectivity index (χ0n) is 15.9. The van der Waals surface area contributed by atoms with Gasteiger partial charge in [-0.25, -0.2) is 4.98 Å². The Morgan fingerprint density at radius 1 is 1.06 bits per heavy atom. The lowest BCUT2D eigenvalue weighted by Crippen LogP contribution is -2.17. The van der Waals surface area contributed by atoms with Crippen molar-refractivity contribution in [1.29, 1.82) is 0 Å². The summed E-state index contributed by atoms with van der Waals surface area (Å²) in [6.07, 6.45) is -4.22. The van der Waals surface area contributed by atoms with E-state index < -0.39 is 28.2 Å². The molecule has 1 heterocycles. The van der Waals surface area contributed by atoms with Gasteiger partial charge < -0.3 is 16.0 Å². The minimum Gasteiger partial charge on any atom is -0.355 e. The van der Waals surface area contributed by atoms with Gasteiger partial charge in [0.1, 0.15) is 17.1 Å². The lowest BCUT2D eigenvalue weighted by atomic mass is 10.2. The molecule has 3 N–H and O–H groups in total. The smallest absolute Gasteiger partial charge is 0.355 e. The second kappa shape index (κ2) is 8.65. The van der Waals surface area contributed by atoms with Crippen LogP contribution in [0.2, 0.25) is 0 Å². The van der Waals surface area contributed by atoms with Crippen LogP contribution < -0.4 is 16.0 Å². The highest BCUT2D eigenvalue weighted by atomic mass is 19.4. The average Bonchev–Trinajstić information content (AvgIpc) is 2.73. The lowest BCUT2D eigenvalue weighted by Gasteiger charge is -2.15. The number of nitrogens with zero attached hydrogens (tertiary/aromatic N) is 3. The van der Waals surface area contributed by atoms with Crippen LogP contribution in [0.3, 0.4) is 0 Å². The number of carbonyl (C=O) groups is 1. The molecule has 0 unspecified atom stereocenters. The van der Waals surface area contributed by atoms with Gasteiger partial charge in [0.25, 0.3) is 11.6 Å². The minimum atomic E-state index is -4.79. The van der Waals surface area contributed by atoms with Crippen molar-refractivity contribution in [3.8, 4) is 0 Å². The standard InChI is InChI=1S/C19H15F3N6O3/c1-23-17(29)11-6-8-12(9-7-11)25-18-24-10-13(19(20,21)22)16(27-18)26-14-4-2-3-5-15(14)28(30)31/h2-10H,1H3,(H,23,29)(H2,24,25,26,27). The fourth-order valence-electron chi connectivity index (χ4n) is 2.59. The maximum absolute atomic E-state index is 13.4. The number of para-hydroxylation sites is 2. The number of aromatic nitrogens is 2. The molecule has 0 aliphatic carbocycles. The van der Waals surface area contributed by atoms with Gasteiger partial charge in [-0.05, 0) is 30.3 Å². The maximum atomic E-state index is 13.4. The predicted molar refractivity (Wildman–Crippen MR) is 107 cm³/mol. The van der Waals surface area contributed by atoms with Crippen LogP contribution >= 0.6 is 0 Å². The number of benzene rings is 2. The quantitative estimate of drug-likeness (QED) is 0.393. The van der Waals surface area contributed by atoms with E-state index in [4.69, 9.17) is 0 Å². The van der Waals surface area contributed by atoms with Crippen molar-refractivity contribution in [2.75, 3.05) is 17.7 Å². The fourth-order valence-corrected chi connectivity index (χ4v) is 2.59. The molecule has 1 amide bonds. The molecule has 0 atom stereocenters. The average molecular weight is 432 g/mol. The van der Waals surface area contributed by atoms with Gasteiger partial charge in [0.15, 0.2) is 0 Å². The number of carbonyl (C=O) groups excluding carboxylic acids is 1. The van der Waals surface area contributed by atoms with E-state index in [1.165, 1.54) is 49.5 Å². The van der Waals surface area contributed by atoms with Crippen molar-refractivity contribution in [3.63, 3.8) is 0 Å². The van der Waals surface area contributed by atoms with Crippen molar-refractivity contribution in [1.82, 2.24) is 15.3 Å². The van der Waals surface area contributed by atoms with E-state index in [1.54, 1.807) is 0 Å². The number of alkyl halides is 3. The summed E-state index contributed by atoms with van der Waals surface area (Å²) in [6.45, 7) is 0. The summed E-state index contributed by atoms with van der Waals surface area (Å²) in [5.74, 6) is -1.13. The maximum Gasteiger partial charge on any atom is 0.421 e. The van der Waals surface area contributed by atoms with Gasteiger partial charge >= 0.3 is 6.18 Å². The number of nitro groups is 1.